The summed E-state index contributed by atoms with van der Waals surface area (Å²) in [4.78, 5) is 2.34. The molecule has 0 radical (unpaired) electrons. The van der Waals surface area contributed by atoms with Gasteiger partial charge in [-0.2, -0.15) is 0 Å². The average molecular weight is 293 g/mol. The number of morpholine rings is 1. The number of hydrogen-bond acceptors (Lipinski definition) is 4. The van der Waals surface area contributed by atoms with Gasteiger partial charge in [-0.15, -0.1) is 0 Å². The summed E-state index contributed by atoms with van der Waals surface area (Å²) < 4.78 is 11.0. The van der Waals surface area contributed by atoms with Gasteiger partial charge in [0.05, 0.1) is 25.9 Å². The van der Waals surface area contributed by atoms with E-state index in [0.29, 0.717) is 5.92 Å². The van der Waals surface area contributed by atoms with Gasteiger partial charge in [0.25, 0.3) is 0 Å². The Morgan fingerprint density at radius 1 is 1.19 bits per heavy atom. The fourth-order valence-electron chi connectivity index (χ4n) is 2.35. The van der Waals surface area contributed by atoms with Gasteiger partial charge in [0.15, 0.2) is 0 Å². The third kappa shape index (κ3) is 5.65. The molecule has 1 aliphatic rings. The predicted molar refractivity (Wildman–Crippen MR) is 83.6 cm³/mol. The van der Waals surface area contributed by atoms with Crippen LogP contribution in [0, 0.1) is 5.92 Å². The lowest BCUT2D eigenvalue weighted by Crippen LogP contribution is -2.37. The van der Waals surface area contributed by atoms with Crippen LogP contribution in [0.4, 0.5) is 0 Å². The topological polar surface area (TPSA) is 41.9 Å². The van der Waals surface area contributed by atoms with Crippen LogP contribution >= 0.6 is 0 Å². The van der Waals surface area contributed by atoms with Crippen LogP contribution in [-0.2, 0) is 4.74 Å². The first-order valence-corrected chi connectivity index (χ1v) is 7.86. The van der Waals surface area contributed by atoms with Crippen molar-refractivity contribution in [2.45, 2.75) is 26.4 Å². The minimum atomic E-state index is -0.410. The van der Waals surface area contributed by atoms with Crippen molar-refractivity contribution in [3.63, 3.8) is 0 Å². The van der Waals surface area contributed by atoms with E-state index in [1.807, 2.05) is 24.3 Å². The van der Waals surface area contributed by atoms with Gasteiger partial charge in [0, 0.05) is 19.6 Å². The standard InChI is InChI=1S/C17H27NO3/c1-14(2)13-21-16-5-3-15(4-6-16)17(19)7-8-18-9-11-20-12-10-18/h3-6,14,17,19H,7-13H2,1-2H3. The van der Waals surface area contributed by atoms with Crippen molar-refractivity contribution in [3.8, 4) is 5.75 Å². The van der Waals surface area contributed by atoms with Crippen LogP contribution in [0.5, 0.6) is 5.75 Å². The van der Waals surface area contributed by atoms with E-state index in [1.165, 1.54) is 0 Å². The zero-order valence-electron chi connectivity index (χ0n) is 13.1. The number of benzene rings is 1. The van der Waals surface area contributed by atoms with Gasteiger partial charge >= 0.3 is 0 Å². The Balaban J connectivity index is 1.77. The molecule has 0 bridgehead atoms. The molecule has 1 aromatic rings. The van der Waals surface area contributed by atoms with E-state index in [2.05, 4.69) is 18.7 Å². The molecule has 0 aromatic heterocycles. The second-order valence-corrected chi connectivity index (χ2v) is 6.03. The zero-order valence-corrected chi connectivity index (χ0v) is 13.1. The van der Waals surface area contributed by atoms with E-state index in [0.717, 1.165) is 57.2 Å². The molecule has 4 nitrogen and oxygen atoms in total. The lowest BCUT2D eigenvalue weighted by molar-refractivity contribution is 0.0300. The van der Waals surface area contributed by atoms with Gasteiger partial charge in [0.1, 0.15) is 5.75 Å². The maximum Gasteiger partial charge on any atom is 0.119 e. The smallest absolute Gasteiger partial charge is 0.119 e. The lowest BCUT2D eigenvalue weighted by atomic mass is 10.1. The quantitative estimate of drug-likeness (QED) is 0.838. The van der Waals surface area contributed by atoms with Crippen LogP contribution in [0.1, 0.15) is 31.9 Å². The first-order valence-electron chi connectivity index (χ1n) is 7.86. The third-order valence-electron chi connectivity index (χ3n) is 3.67. The van der Waals surface area contributed by atoms with E-state index in [1.54, 1.807) is 0 Å². The van der Waals surface area contributed by atoms with E-state index >= 15 is 0 Å². The van der Waals surface area contributed by atoms with Crippen molar-refractivity contribution in [1.29, 1.82) is 0 Å². The highest BCUT2D eigenvalue weighted by Gasteiger charge is 2.13. The summed E-state index contributed by atoms with van der Waals surface area (Å²) in [5, 5.41) is 10.3. The van der Waals surface area contributed by atoms with Crippen molar-refractivity contribution in [3.05, 3.63) is 29.8 Å². The summed E-state index contributed by atoms with van der Waals surface area (Å²) in [5.74, 6) is 1.39. The van der Waals surface area contributed by atoms with Crippen LogP contribution < -0.4 is 4.74 Å². The predicted octanol–water partition coefficient (Wildman–Crippen LogP) is 2.48. The van der Waals surface area contributed by atoms with Gasteiger partial charge in [-0.3, -0.25) is 4.90 Å². The van der Waals surface area contributed by atoms with Crippen molar-refractivity contribution >= 4 is 0 Å². The normalized spacial score (nSPS) is 17.9. The Kier molecular flexibility index (Phi) is 6.49. The molecule has 0 amide bonds. The van der Waals surface area contributed by atoms with Gasteiger partial charge in [-0.1, -0.05) is 26.0 Å². The van der Waals surface area contributed by atoms with Crippen LogP contribution in [0.3, 0.4) is 0 Å². The highest BCUT2D eigenvalue weighted by molar-refractivity contribution is 5.28. The number of aliphatic hydroxyl groups is 1. The molecule has 1 saturated heterocycles. The first-order chi connectivity index (χ1) is 10.1. The highest BCUT2D eigenvalue weighted by atomic mass is 16.5. The summed E-state index contributed by atoms with van der Waals surface area (Å²) in [5.41, 5.74) is 0.958. The Morgan fingerprint density at radius 2 is 1.86 bits per heavy atom. The van der Waals surface area contributed by atoms with Gasteiger partial charge in [-0.25, -0.2) is 0 Å². The summed E-state index contributed by atoms with van der Waals surface area (Å²) in [7, 11) is 0. The van der Waals surface area contributed by atoms with Gasteiger partial charge < -0.3 is 14.6 Å². The van der Waals surface area contributed by atoms with Crippen LogP contribution in [-0.4, -0.2) is 49.5 Å². The second-order valence-electron chi connectivity index (χ2n) is 6.03. The van der Waals surface area contributed by atoms with E-state index in [4.69, 9.17) is 9.47 Å². The summed E-state index contributed by atoms with van der Waals surface area (Å²) in [6.07, 6.45) is 0.346. The summed E-state index contributed by atoms with van der Waals surface area (Å²) in [6.45, 7) is 9.43. The minimum absolute atomic E-state index is 0.410. The molecule has 21 heavy (non-hydrogen) atoms. The fraction of sp³-hybridized carbons (Fsp3) is 0.647. The number of rotatable bonds is 7. The Hall–Kier alpha value is -1.10. The first kappa shape index (κ1) is 16.3. The molecule has 0 spiro atoms. The number of aliphatic hydroxyl groups excluding tert-OH is 1. The molecule has 1 atom stereocenters. The van der Waals surface area contributed by atoms with E-state index in [-0.39, 0.29) is 0 Å². The lowest BCUT2D eigenvalue weighted by Gasteiger charge is -2.27. The monoisotopic (exact) mass is 293 g/mol. The summed E-state index contributed by atoms with van der Waals surface area (Å²) in [6, 6.07) is 7.80. The van der Waals surface area contributed by atoms with Crippen molar-refractivity contribution in [2.75, 3.05) is 39.5 Å². The van der Waals surface area contributed by atoms with E-state index in [9.17, 15) is 5.11 Å². The molecule has 4 heteroatoms. The van der Waals surface area contributed by atoms with Crippen molar-refractivity contribution in [2.24, 2.45) is 5.92 Å². The molecule has 1 heterocycles. The molecule has 0 aliphatic carbocycles. The van der Waals surface area contributed by atoms with Crippen LogP contribution in [0.25, 0.3) is 0 Å². The summed E-state index contributed by atoms with van der Waals surface area (Å²) >= 11 is 0. The Labute approximate surface area is 127 Å². The van der Waals surface area contributed by atoms with Gasteiger partial charge in [-0.05, 0) is 30.0 Å². The largest absolute Gasteiger partial charge is 0.493 e. The van der Waals surface area contributed by atoms with Crippen LogP contribution in [0.15, 0.2) is 24.3 Å². The second kappa shape index (κ2) is 8.37. The Bertz CT molecular complexity index is 399. The molecule has 118 valence electrons. The van der Waals surface area contributed by atoms with Crippen molar-refractivity contribution < 1.29 is 14.6 Å². The molecule has 1 unspecified atom stereocenters. The fourth-order valence-corrected chi connectivity index (χ4v) is 2.35. The number of nitrogens with zero attached hydrogens (tertiary/aromatic N) is 1. The maximum atomic E-state index is 10.3. The SMILES string of the molecule is CC(C)COc1ccc(C(O)CCN2CCOCC2)cc1. The Morgan fingerprint density at radius 3 is 2.48 bits per heavy atom. The molecular formula is C17H27NO3. The molecule has 0 saturated carbocycles. The molecule has 1 aliphatic heterocycles. The number of hydrogen-bond donors (Lipinski definition) is 1. The van der Waals surface area contributed by atoms with E-state index < -0.39 is 6.10 Å². The third-order valence-corrected chi connectivity index (χ3v) is 3.67. The molecule has 1 aromatic carbocycles. The van der Waals surface area contributed by atoms with Crippen molar-refractivity contribution in [1.82, 2.24) is 4.90 Å². The number of ether oxygens (including phenoxy) is 2. The minimum Gasteiger partial charge on any atom is -0.493 e. The molecule has 2 rings (SSSR count). The maximum absolute atomic E-state index is 10.3. The highest BCUT2D eigenvalue weighted by Crippen LogP contribution is 2.21. The average Bonchev–Trinajstić information content (AvgIpc) is 2.52. The van der Waals surface area contributed by atoms with Crippen LogP contribution in [0.2, 0.25) is 0 Å². The molecule has 1 N–H and O–H groups in total. The molecule has 1 fully saturated rings. The zero-order chi connectivity index (χ0) is 15.1. The van der Waals surface area contributed by atoms with Gasteiger partial charge in [0.2, 0.25) is 0 Å². The molecular weight excluding hydrogens is 266 g/mol.